The van der Waals surface area contributed by atoms with Crippen molar-refractivity contribution in [3.8, 4) is 23.5 Å². The smallest absolute Gasteiger partial charge is 0.136 e. The number of furan rings is 1. The van der Waals surface area contributed by atoms with E-state index in [4.69, 9.17) is 14.9 Å². The molecule has 20 heavy (non-hydrogen) atoms. The van der Waals surface area contributed by atoms with E-state index in [0.717, 1.165) is 16.7 Å². The molecule has 0 N–H and O–H groups in total. The molecule has 3 heteroatoms. The van der Waals surface area contributed by atoms with Gasteiger partial charge in [0.15, 0.2) is 0 Å². The van der Waals surface area contributed by atoms with Crippen LogP contribution in [0.1, 0.15) is 16.7 Å². The number of nitrogens with zero attached hydrogens (tertiary/aromatic N) is 2. The van der Waals surface area contributed by atoms with E-state index in [9.17, 15) is 0 Å². The molecule has 3 aromatic rings. The van der Waals surface area contributed by atoms with Gasteiger partial charge in [0.1, 0.15) is 23.5 Å². The Bertz CT molecular complexity index is 823. The molecule has 0 spiro atoms. The highest BCUT2D eigenvalue weighted by Gasteiger charge is 2.10. The van der Waals surface area contributed by atoms with Crippen molar-refractivity contribution in [3.63, 3.8) is 0 Å². The standard InChI is InChI=1S/C17H10N2O/c1-11-2-4-12(5-3-11)16-7-13-6-14(9-18)15(10-19)8-17(13)20-16/h2-8H,1H3. The van der Waals surface area contributed by atoms with E-state index in [1.54, 1.807) is 12.1 Å². The van der Waals surface area contributed by atoms with Gasteiger partial charge in [0.25, 0.3) is 0 Å². The van der Waals surface area contributed by atoms with Crippen LogP contribution in [0.2, 0.25) is 0 Å². The first kappa shape index (κ1) is 12.0. The quantitative estimate of drug-likeness (QED) is 0.658. The van der Waals surface area contributed by atoms with Crippen molar-refractivity contribution in [2.75, 3.05) is 0 Å². The van der Waals surface area contributed by atoms with E-state index in [0.29, 0.717) is 16.7 Å². The van der Waals surface area contributed by atoms with Gasteiger partial charge in [-0.05, 0) is 19.1 Å². The molecule has 0 radical (unpaired) electrons. The molecule has 0 amide bonds. The lowest BCUT2D eigenvalue weighted by Crippen LogP contribution is -1.81. The molecule has 1 aromatic heterocycles. The maximum absolute atomic E-state index is 9.03. The number of aryl methyl sites for hydroxylation is 1. The van der Waals surface area contributed by atoms with Gasteiger partial charge < -0.3 is 4.42 Å². The number of nitriles is 2. The molecule has 0 aliphatic heterocycles. The molecule has 0 aliphatic rings. The van der Waals surface area contributed by atoms with Gasteiger partial charge in [-0.1, -0.05) is 29.8 Å². The van der Waals surface area contributed by atoms with E-state index >= 15 is 0 Å². The van der Waals surface area contributed by atoms with Crippen molar-refractivity contribution in [1.82, 2.24) is 0 Å². The maximum atomic E-state index is 9.03. The van der Waals surface area contributed by atoms with Crippen molar-refractivity contribution < 1.29 is 4.42 Å². The minimum atomic E-state index is 0.338. The van der Waals surface area contributed by atoms with Crippen LogP contribution < -0.4 is 0 Å². The topological polar surface area (TPSA) is 60.7 Å². The summed E-state index contributed by atoms with van der Waals surface area (Å²) in [7, 11) is 0. The number of fused-ring (bicyclic) bond motifs is 1. The molecule has 0 bridgehead atoms. The van der Waals surface area contributed by atoms with E-state index in [-0.39, 0.29) is 0 Å². The summed E-state index contributed by atoms with van der Waals surface area (Å²) in [5.74, 6) is 0.735. The molecule has 0 saturated carbocycles. The van der Waals surface area contributed by atoms with Crippen LogP contribution in [0.4, 0.5) is 0 Å². The van der Waals surface area contributed by atoms with Gasteiger partial charge in [0, 0.05) is 17.0 Å². The second-order valence-corrected chi connectivity index (χ2v) is 4.64. The summed E-state index contributed by atoms with van der Waals surface area (Å²) in [5, 5.41) is 18.9. The fraction of sp³-hybridized carbons (Fsp3) is 0.0588. The lowest BCUT2D eigenvalue weighted by atomic mass is 10.1. The number of rotatable bonds is 1. The van der Waals surface area contributed by atoms with E-state index in [2.05, 4.69) is 0 Å². The van der Waals surface area contributed by atoms with E-state index in [1.165, 1.54) is 5.56 Å². The van der Waals surface area contributed by atoms with Crippen LogP contribution in [0.15, 0.2) is 46.9 Å². The summed E-state index contributed by atoms with van der Waals surface area (Å²) in [6.07, 6.45) is 0. The highest BCUT2D eigenvalue weighted by molar-refractivity contribution is 5.85. The minimum Gasteiger partial charge on any atom is -0.456 e. The van der Waals surface area contributed by atoms with Crippen molar-refractivity contribution in [1.29, 1.82) is 10.5 Å². The van der Waals surface area contributed by atoms with Crippen LogP contribution in [0.3, 0.4) is 0 Å². The van der Waals surface area contributed by atoms with Crippen molar-refractivity contribution >= 4 is 11.0 Å². The third-order valence-corrected chi connectivity index (χ3v) is 3.23. The first-order valence-corrected chi connectivity index (χ1v) is 6.16. The normalized spacial score (nSPS) is 10.2. The first-order chi connectivity index (χ1) is 9.71. The summed E-state index contributed by atoms with van der Waals surface area (Å²) in [5.41, 5.74) is 3.49. The van der Waals surface area contributed by atoms with Crippen molar-refractivity contribution in [2.24, 2.45) is 0 Å². The van der Waals surface area contributed by atoms with E-state index in [1.807, 2.05) is 49.4 Å². The Labute approximate surface area is 116 Å². The Hall–Kier alpha value is -3.04. The fourth-order valence-corrected chi connectivity index (χ4v) is 2.13. The molecule has 0 saturated heterocycles. The minimum absolute atomic E-state index is 0.338. The number of hydrogen-bond acceptors (Lipinski definition) is 3. The van der Waals surface area contributed by atoms with Crippen LogP contribution in [0.25, 0.3) is 22.3 Å². The van der Waals surface area contributed by atoms with Crippen LogP contribution in [0.5, 0.6) is 0 Å². The van der Waals surface area contributed by atoms with Crippen LogP contribution in [-0.4, -0.2) is 0 Å². The van der Waals surface area contributed by atoms with E-state index < -0.39 is 0 Å². The molecule has 0 atom stereocenters. The van der Waals surface area contributed by atoms with Gasteiger partial charge in [-0.15, -0.1) is 0 Å². The summed E-state index contributed by atoms with van der Waals surface area (Å²) >= 11 is 0. The van der Waals surface area contributed by atoms with Crippen molar-refractivity contribution in [3.05, 3.63) is 59.2 Å². The molecule has 3 rings (SSSR count). The van der Waals surface area contributed by atoms with Gasteiger partial charge in [-0.3, -0.25) is 0 Å². The second-order valence-electron chi connectivity index (χ2n) is 4.64. The lowest BCUT2D eigenvalue weighted by Gasteiger charge is -1.96. The third-order valence-electron chi connectivity index (χ3n) is 3.23. The molecule has 0 aliphatic carbocycles. The summed E-state index contributed by atoms with van der Waals surface area (Å²) in [6.45, 7) is 2.03. The van der Waals surface area contributed by atoms with Gasteiger partial charge in [0.2, 0.25) is 0 Å². The van der Waals surface area contributed by atoms with Gasteiger partial charge in [-0.2, -0.15) is 10.5 Å². The fourth-order valence-electron chi connectivity index (χ4n) is 2.13. The van der Waals surface area contributed by atoms with Gasteiger partial charge >= 0.3 is 0 Å². The van der Waals surface area contributed by atoms with Crippen LogP contribution >= 0.6 is 0 Å². The predicted octanol–water partition coefficient (Wildman–Crippen LogP) is 4.15. The molecular formula is C17H10N2O. The third kappa shape index (κ3) is 1.92. The first-order valence-electron chi connectivity index (χ1n) is 6.16. The summed E-state index contributed by atoms with van der Waals surface area (Å²) in [4.78, 5) is 0. The molecule has 94 valence electrons. The second kappa shape index (κ2) is 4.57. The summed E-state index contributed by atoms with van der Waals surface area (Å²) in [6, 6.07) is 17.3. The molecule has 0 unspecified atom stereocenters. The summed E-state index contributed by atoms with van der Waals surface area (Å²) < 4.78 is 5.78. The Balaban J connectivity index is 2.19. The van der Waals surface area contributed by atoms with Gasteiger partial charge in [-0.25, -0.2) is 0 Å². The zero-order valence-corrected chi connectivity index (χ0v) is 10.8. The average molecular weight is 258 g/mol. The average Bonchev–Trinajstić information content (AvgIpc) is 2.89. The SMILES string of the molecule is Cc1ccc(-c2cc3cc(C#N)c(C#N)cc3o2)cc1. The Kier molecular flexibility index (Phi) is 2.75. The molecule has 3 nitrogen and oxygen atoms in total. The lowest BCUT2D eigenvalue weighted by molar-refractivity contribution is 0.631. The predicted molar refractivity (Wildman–Crippen MR) is 75.8 cm³/mol. The number of hydrogen-bond donors (Lipinski definition) is 0. The molecule has 2 aromatic carbocycles. The van der Waals surface area contributed by atoms with Crippen LogP contribution in [-0.2, 0) is 0 Å². The molecule has 1 heterocycles. The highest BCUT2D eigenvalue weighted by Crippen LogP contribution is 2.29. The molecule has 0 fully saturated rings. The zero-order valence-electron chi connectivity index (χ0n) is 10.8. The highest BCUT2D eigenvalue weighted by atomic mass is 16.3. The monoisotopic (exact) mass is 258 g/mol. The van der Waals surface area contributed by atoms with Crippen LogP contribution in [0, 0.1) is 29.6 Å². The maximum Gasteiger partial charge on any atom is 0.136 e. The van der Waals surface area contributed by atoms with Crippen molar-refractivity contribution in [2.45, 2.75) is 6.92 Å². The Morgan fingerprint density at radius 2 is 1.55 bits per heavy atom. The zero-order chi connectivity index (χ0) is 14.1. The molecular weight excluding hydrogens is 248 g/mol. The number of benzene rings is 2. The van der Waals surface area contributed by atoms with Gasteiger partial charge in [0.05, 0.1) is 11.1 Å². The largest absolute Gasteiger partial charge is 0.456 e. The Morgan fingerprint density at radius 3 is 2.20 bits per heavy atom. The Morgan fingerprint density at radius 1 is 0.900 bits per heavy atom.